The van der Waals surface area contributed by atoms with Gasteiger partial charge in [-0.15, -0.1) is 23.7 Å². The quantitative estimate of drug-likeness (QED) is 0.533. The van der Waals surface area contributed by atoms with Gasteiger partial charge in [0.05, 0.1) is 29.2 Å². The minimum absolute atomic E-state index is 0. The number of nitrogens with one attached hydrogen (secondary N) is 1. The highest BCUT2D eigenvalue weighted by atomic mass is 79.9. The Balaban J connectivity index is 0.00000300. The molecule has 13 heteroatoms. The first-order valence-electron chi connectivity index (χ1n) is 8.25. The number of hydrogen-bond donors (Lipinski definition) is 2. The third-order valence-corrected chi connectivity index (χ3v) is 5.66. The number of esters is 1. The van der Waals surface area contributed by atoms with E-state index >= 15 is 0 Å². The lowest BCUT2D eigenvalue weighted by Crippen LogP contribution is -2.34. The van der Waals surface area contributed by atoms with Crippen LogP contribution in [-0.4, -0.2) is 40.9 Å². The van der Waals surface area contributed by atoms with E-state index in [-0.39, 0.29) is 38.6 Å². The van der Waals surface area contributed by atoms with Gasteiger partial charge in [-0.25, -0.2) is 4.79 Å². The number of H-pyrrole nitrogens is 1. The SMILES string of the molecule is Cl.NCC(=O)OC[C@H]1O[C@@H](n2cc(F)c(=O)[nH]c2=O)C[C@@H]1OCc1ccc(Br)s1. The third kappa shape index (κ3) is 5.96. The van der Waals surface area contributed by atoms with Gasteiger partial charge in [0.15, 0.2) is 0 Å². The summed E-state index contributed by atoms with van der Waals surface area (Å²) in [6.07, 6.45) is -1.12. The molecule has 0 unspecified atom stereocenters. The van der Waals surface area contributed by atoms with Crippen molar-refractivity contribution in [2.45, 2.75) is 31.5 Å². The van der Waals surface area contributed by atoms with Crippen LogP contribution in [0.25, 0.3) is 0 Å². The maximum atomic E-state index is 13.6. The molecule has 0 saturated carbocycles. The first-order chi connectivity index (χ1) is 13.4. The highest BCUT2D eigenvalue weighted by molar-refractivity contribution is 9.11. The Hall–Kier alpha value is -1.57. The van der Waals surface area contributed by atoms with E-state index in [9.17, 15) is 18.8 Å². The number of rotatable bonds is 7. The molecule has 2 aromatic heterocycles. The maximum absolute atomic E-state index is 13.6. The summed E-state index contributed by atoms with van der Waals surface area (Å²) in [5, 5.41) is 0. The van der Waals surface area contributed by atoms with Crippen molar-refractivity contribution in [3.8, 4) is 0 Å². The topological polar surface area (TPSA) is 126 Å². The van der Waals surface area contributed by atoms with Gasteiger partial charge in [-0.05, 0) is 28.1 Å². The lowest BCUT2D eigenvalue weighted by Gasteiger charge is -2.18. The molecule has 2 aromatic rings. The molecule has 1 aliphatic heterocycles. The van der Waals surface area contributed by atoms with E-state index in [1.54, 1.807) is 0 Å². The lowest BCUT2D eigenvalue weighted by molar-refractivity contribution is -0.149. The molecule has 29 heavy (non-hydrogen) atoms. The molecule has 160 valence electrons. The zero-order valence-corrected chi connectivity index (χ0v) is 18.1. The fourth-order valence-electron chi connectivity index (χ4n) is 2.72. The van der Waals surface area contributed by atoms with Crippen LogP contribution >= 0.6 is 39.7 Å². The minimum atomic E-state index is -1.11. The van der Waals surface area contributed by atoms with Gasteiger partial charge in [-0.3, -0.25) is 19.1 Å². The van der Waals surface area contributed by atoms with E-state index in [2.05, 4.69) is 15.9 Å². The van der Waals surface area contributed by atoms with E-state index in [1.807, 2.05) is 17.1 Å². The van der Waals surface area contributed by atoms with Crippen LogP contribution in [0.1, 0.15) is 17.5 Å². The van der Waals surface area contributed by atoms with Gasteiger partial charge < -0.3 is 19.9 Å². The number of hydrogen-bond acceptors (Lipinski definition) is 8. The van der Waals surface area contributed by atoms with Crippen molar-refractivity contribution in [2.75, 3.05) is 13.2 Å². The highest BCUT2D eigenvalue weighted by Crippen LogP contribution is 2.32. The Morgan fingerprint density at radius 1 is 1.45 bits per heavy atom. The molecular weight excluding hydrogens is 497 g/mol. The number of nitrogens with two attached hydrogens (primary N) is 1. The summed E-state index contributed by atoms with van der Waals surface area (Å²) in [4.78, 5) is 37.4. The molecule has 0 aromatic carbocycles. The number of carbonyl (C=O) groups is 1. The number of thiophene rings is 1. The first-order valence-corrected chi connectivity index (χ1v) is 9.86. The predicted molar refractivity (Wildman–Crippen MR) is 108 cm³/mol. The second-order valence-corrected chi connectivity index (χ2v) is 8.50. The Morgan fingerprint density at radius 3 is 2.86 bits per heavy atom. The number of halogens is 3. The molecule has 3 rings (SSSR count). The van der Waals surface area contributed by atoms with E-state index in [4.69, 9.17) is 19.9 Å². The first kappa shape index (κ1) is 23.7. The Labute approximate surface area is 182 Å². The number of carbonyl (C=O) groups excluding carboxylic acids is 1. The van der Waals surface area contributed by atoms with Crippen LogP contribution in [0.3, 0.4) is 0 Å². The largest absolute Gasteiger partial charge is 0.462 e. The van der Waals surface area contributed by atoms with Gasteiger partial charge >= 0.3 is 11.7 Å². The summed E-state index contributed by atoms with van der Waals surface area (Å²) in [5.41, 5.74) is 3.31. The molecule has 9 nitrogen and oxygen atoms in total. The number of aromatic amines is 1. The summed E-state index contributed by atoms with van der Waals surface area (Å²) in [6.45, 7) is -0.130. The summed E-state index contributed by atoms with van der Waals surface area (Å²) in [7, 11) is 0. The predicted octanol–water partition coefficient (Wildman–Crippen LogP) is 1.30. The molecule has 0 aliphatic carbocycles. The summed E-state index contributed by atoms with van der Waals surface area (Å²) in [6, 6.07) is 3.79. The molecule has 3 heterocycles. The van der Waals surface area contributed by atoms with Crippen LogP contribution in [-0.2, 0) is 25.6 Å². The molecule has 0 bridgehead atoms. The van der Waals surface area contributed by atoms with Gasteiger partial charge in [0.25, 0.3) is 5.56 Å². The summed E-state index contributed by atoms with van der Waals surface area (Å²) >= 11 is 4.88. The molecule has 1 aliphatic rings. The van der Waals surface area contributed by atoms with Gasteiger partial charge in [0.2, 0.25) is 5.82 Å². The van der Waals surface area contributed by atoms with Crippen LogP contribution in [0, 0.1) is 5.82 Å². The van der Waals surface area contributed by atoms with Crippen molar-refractivity contribution < 1.29 is 23.4 Å². The Kier molecular flexibility index (Phi) is 8.55. The average Bonchev–Trinajstić information content (AvgIpc) is 3.26. The van der Waals surface area contributed by atoms with Crippen LogP contribution in [0.2, 0.25) is 0 Å². The molecule has 0 amide bonds. The number of nitrogens with zero attached hydrogens (tertiary/aromatic N) is 1. The molecular formula is C16H18BrClFN3O6S. The molecule has 3 N–H and O–H groups in total. The monoisotopic (exact) mass is 513 g/mol. The minimum Gasteiger partial charge on any atom is -0.462 e. The second kappa shape index (κ2) is 10.5. The summed E-state index contributed by atoms with van der Waals surface area (Å²) < 4.78 is 32.2. The van der Waals surface area contributed by atoms with Crippen molar-refractivity contribution in [1.29, 1.82) is 0 Å². The van der Waals surface area contributed by atoms with E-state index in [1.165, 1.54) is 11.3 Å². The zero-order chi connectivity index (χ0) is 20.3. The smallest absolute Gasteiger partial charge is 0.330 e. The van der Waals surface area contributed by atoms with Gasteiger partial charge in [0, 0.05) is 11.3 Å². The van der Waals surface area contributed by atoms with Crippen LogP contribution < -0.4 is 17.0 Å². The van der Waals surface area contributed by atoms with Gasteiger partial charge in [-0.1, -0.05) is 0 Å². The number of ether oxygens (including phenoxy) is 3. The normalized spacial score (nSPS) is 21.0. The molecule has 1 saturated heterocycles. The molecule has 3 atom stereocenters. The van der Waals surface area contributed by atoms with Crippen molar-refractivity contribution in [2.24, 2.45) is 5.73 Å². The molecule has 1 fully saturated rings. The fourth-order valence-corrected chi connectivity index (χ4v) is 4.13. The van der Waals surface area contributed by atoms with Crippen LogP contribution in [0.15, 0.2) is 31.7 Å². The van der Waals surface area contributed by atoms with Crippen LogP contribution in [0.5, 0.6) is 0 Å². The fraction of sp³-hybridized carbons (Fsp3) is 0.438. The zero-order valence-electron chi connectivity index (χ0n) is 14.8. The van der Waals surface area contributed by atoms with Gasteiger partial charge in [0.1, 0.15) is 18.9 Å². The van der Waals surface area contributed by atoms with E-state index < -0.39 is 41.5 Å². The van der Waals surface area contributed by atoms with Crippen molar-refractivity contribution >= 4 is 45.6 Å². The van der Waals surface area contributed by atoms with Crippen molar-refractivity contribution in [3.63, 3.8) is 0 Å². The average molecular weight is 515 g/mol. The van der Waals surface area contributed by atoms with E-state index in [0.29, 0.717) is 0 Å². The van der Waals surface area contributed by atoms with Crippen LogP contribution in [0.4, 0.5) is 4.39 Å². The molecule has 0 radical (unpaired) electrons. The van der Waals surface area contributed by atoms with Gasteiger partial charge in [-0.2, -0.15) is 4.39 Å². The third-order valence-electron chi connectivity index (χ3n) is 4.06. The Bertz CT molecular complexity index is 967. The van der Waals surface area contributed by atoms with Crippen molar-refractivity contribution in [3.05, 3.63) is 53.6 Å². The number of aromatic nitrogens is 2. The molecule has 0 spiro atoms. The van der Waals surface area contributed by atoms with E-state index in [0.717, 1.165) is 19.4 Å². The van der Waals surface area contributed by atoms with Crippen molar-refractivity contribution in [1.82, 2.24) is 9.55 Å². The highest BCUT2D eigenvalue weighted by Gasteiger charge is 2.38. The second-order valence-electron chi connectivity index (χ2n) is 5.95. The maximum Gasteiger partial charge on any atom is 0.330 e. The lowest BCUT2D eigenvalue weighted by atomic mass is 10.2. The standard InChI is InChI=1S/C16H17BrFN3O6S.ClH/c17-12-2-1-8(28-12)6-25-10-3-13(27-11(10)7-26-14(22)4-19)21-5-9(18)15(23)20-16(21)24;/h1-2,5,10-11,13H,3-4,6-7,19H2,(H,20,23,24);1H/t10-,11+,13+;/m0./s1. The Morgan fingerprint density at radius 2 is 2.21 bits per heavy atom. The summed E-state index contributed by atoms with van der Waals surface area (Å²) in [5.74, 6) is -1.72.